The van der Waals surface area contributed by atoms with E-state index in [0.717, 1.165) is 25.7 Å². The van der Waals surface area contributed by atoms with Crippen LogP contribution in [0.15, 0.2) is 51.9 Å². The Kier molecular flexibility index (Phi) is 4.56. The number of fused-ring (bicyclic) bond motifs is 1. The van der Waals surface area contributed by atoms with Gasteiger partial charge >= 0.3 is 0 Å². The van der Waals surface area contributed by atoms with Crippen LogP contribution in [0, 0.1) is 0 Å². The van der Waals surface area contributed by atoms with Crippen LogP contribution in [-0.4, -0.2) is 26.8 Å². The molecule has 2 aromatic heterocycles. The zero-order valence-corrected chi connectivity index (χ0v) is 14.5. The number of carbonyl (C=O) groups excluding carboxylic acids is 1. The third kappa shape index (κ3) is 3.27. The highest BCUT2D eigenvalue weighted by Gasteiger charge is 2.28. The molecule has 1 saturated carbocycles. The highest BCUT2D eigenvalue weighted by molar-refractivity contribution is 5.91. The number of hydrogen-bond donors (Lipinski definition) is 1. The lowest BCUT2D eigenvalue weighted by Crippen LogP contribution is -2.41. The minimum absolute atomic E-state index is 0.137. The maximum Gasteiger partial charge on any atom is 0.290 e. The maximum absolute atomic E-state index is 13.0. The van der Waals surface area contributed by atoms with E-state index in [1.165, 1.54) is 12.7 Å². The number of hydrogen-bond acceptors (Lipinski definition) is 4. The van der Waals surface area contributed by atoms with Crippen molar-refractivity contribution in [3.05, 3.63) is 64.6 Å². The van der Waals surface area contributed by atoms with E-state index in [1.807, 2.05) is 18.2 Å². The van der Waals surface area contributed by atoms with Crippen LogP contribution in [-0.2, 0) is 6.54 Å². The summed E-state index contributed by atoms with van der Waals surface area (Å²) >= 11 is 0. The molecule has 2 heterocycles. The average molecular weight is 351 g/mol. The molecule has 3 aromatic rings. The number of aromatic amines is 1. The predicted octanol–water partition coefficient (Wildman–Crippen LogP) is 3.49. The third-order valence-electron chi connectivity index (χ3n) is 4.99. The molecule has 1 aromatic carbocycles. The highest BCUT2D eigenvalue weighted by Crippen LogP contribution is 2.25. The standard InChI is InChI=1S/C20H21N3O3/c24-19-15-9-4-5-10-16(15)21-18(22-19)13-23(14-7-2-1-3-8-14)20(25)17-11-6-12-26-17/h4-6,9-12,14H,1-3,7-8,13H2,(H,21,22,24). The largest absolute Gasteiger partial charge is 0.459 e. The molecule has 1 N–H and O–H groups in total. The number of nitrogens with one attached hydrogen (secondary N) is 1. The van der Waals surface area contributed by atoms with Gasteiger partial charge in [0, 0.05) is 6.04 Å². The molecule has 0 unspecified atom stereocenters. The van der Waals surface area contributed by atoms with E-state index in [0.29, 0.717) is 22.5 Å². The van der Waals surface area contributed by atoms with E-state index >= 15 is 0 Å². The van der Waals surface area contributed by atoms with Crippen molar-refractivity contribution < 1.29 is 9.21 Å². The van der Waals surface area contributed by atoms with Crippen LogP contribution in [0.2, 0.25) is 0 Å². The summed E-state index contributed by atoms with van der Waals surface area (Å²) in [5.41, 5.74) is 0.458. The predicted molar refractivity (Wildman–Crippen MR) is 97.8 cm³/mol. The molecule has 6 heteroatoms. The van der Waals surface area contributed by atoms with Crippen molar-refractivity contribution in [1.29, 1.82) is 0 Å². The first kappa shape index (κ1) is 16.6. The van der Waals surface area contributed by atoms with Gasteiger partial charge in [0.15, 0.2) is 5.76 Å². The Morgan fingerprint density at radius 1 is 1.15 bits per heavy atom. The first-order valence-electron chi connectivity index (χ1n) is 9.05. The molecule has 1 amide bonds. The topological polar surface area (TPSA) is 79.2 Å². The van der Waals surface area contributed by atoms with Crippen LogP contribution in [0.4, 0.5) is 0 Å². The number of aromatic nitrogens is 2. The van der Waals surface area contributed by atoms with Crippen LogP contribution >= 0.6 is 0 Å². The fourth-order valence-corrected chi connectivity index (χ4v) is 3.67. The van der Waals surface area contributed by atoms with E-state index in [-0.39, 0.29) is 24.1 Å². The number of benzene rings is 1. The minimum atomic E-state index is -0.181. The lowest BCUT2D eigenvalue weighted by Gasteiger charge is -2.33. The van der Waals surface area contributed by atoms with Gasteiger partial charge < -0.3 is 14.3 Å². The number of nitrogens with zero attached hydrogens (tertiary/aromatic N) is 2. The summed E-state index contributed by atoms with van der Waals surface area (Å²) < 4.78 is 5.32. The van der Waals surface area contributed by atoms with E-state index < -0.39 is 0 Å². The van der Waals surface area contributed by atoms with E-state index in [2.05, 4.69) is 9.97 Å². The van der Waals surface area contributed by atoms with E-state index in [4.69, 9.17) is 4.42 Å². The maximum atomic E-state index is 13.0. The second-order valence-electron chi connectivity index (χ2n) is 6.73. The Labute approximate surface area is 150 Å². The molecule has 0 saturated heterocycles. The van der Waals surface area contributed by atoms with Gasteiger partial charge in [-0.15, -0.1) is 0 Å². The zero-order valence-electron chi connectivity index (χ0n) is 14.5. The molecule has 0 bridgehead atoms. The molecule has 1 aliphatic rings. The number of para-hydroxylation sites is 1. The van der Waals surface area contributed by atoms with Crippen LogP contribution in [0.5, 0.6) is 0 Å². The number of carbonyl (C=O) groups is 1. The summed E-state index contributed by atoms with van der Waals surface area (Å²) in [5, 5.41) is 0.554. The average Bonchev–Trinajstić information content (AvgIpc) is 3.21. The third-order valence-corrected chi connectivity index (χ3v) is 4.99. The number of furan rings is 1. The smallest absolute Gasteiger partial charge is 0.290 e. The molecular weight excluding hydrogens is 330 g/mol. The summed E-state index contributed by atoms with van der Waals surface area (Å²) in [6, 6.07) is 10.7. The second-order valence-corrected chi connectivity index (χ2v) is 6.73. The number of rotatable bonds is 4. The van der Waals surface area contributed by atoms with Crippen molar-refractivity contribution in [2.24, 2.45) is 0 Å². The lowest BCUT2D eigenvalue weighted by atomic mass is 9.94. The van der Waals surface area contributed by atoms with E-state index in [1.54, 1.807) is 23.1 Å². The normalized spacial score (nSPS) is 15.2. The van der Waals surface area contributed by atoms with Crippen molar-refractivity contribution in [2.45, 2.75) is 44.7 Å². The van der Waals surface area contributed by atoms with Crippen molar-refractivity contribution in [3.8, 4) is 0 Å². The Balaban J connectivity index is 1.68. The zero-order chi connectivity index (χ0) is 17.9. The Bertz CT molecular complexity index is 956. The van der Waals surface area contributed by atoms with Crippen molar-refractivity contribution in [3.63, 3.8) is 0 Å². The first-order chi connectivity index (χ1) is 12.7. The first-order valence-corrected chi connectivity index (χ1v) is 9.05. The number of H-pyrrole nitrogens is 1. The molecule has 6 nitrogen and oxygen atoms in total. The summed E-state index contributed by atoms with van der Waals surface area (Å²) in [7, 11) is 0. The van der Waals surface area contributed by atoms with Gasteiger partial charge in [-0.25, -0.2) is 4.98 Å². The molecule has 1 fully saturated rings. The van der Waals surface area contributed by atoms with Gasteiger partial charge in [-0.05, 0) is 37.1 Å². The Hall–Kier alpha value is -2.89. The molecule has 1 aliphatic carbocycles. The van der Waals surface area contributed by atoms with Crippen molar-refractivity contribution >= 4 is 16.8 Å². The highest BCUT2D eigenvalue weighted by atomic mass is 16.3. The van der Waals surface area contributed by atoms with Gasteiger partial charge in [-0.2, -0.15) is 0 Å². The van der Waals surface area contributed by atoms with Gasteiger partial charge in [0.1, 0.15) is 5.82 Å². The summed E-state index contributed by atoms with van der Waals surface area (Å²) in [6.07, 6.45) is 6.84. The molecule has 0 radical (unpaired) electrons. The quantitative estimate of drug-likeness (QED) is 0.780. The van der Waals surface area contributed by atoms with Gasteiger partial charge in [0.05, 0.1) is 23.7 Å². The van der Waals surface area contributed by atoms with Crippen LogP contribution < -0.4 is 5.56 Å². The molecule has 0 aliphatic heterocycles. The fourth-order valence-electron chi connectivity index (χ4n) is 3.67. The molecule has 0 spiro atoms. The van der Waals surface area contributed by atoms with Gasteiger partial charge in [0.2, 0.25) is 0 Å². The van der Waals surface area contributed by atoms with Gasteiger partial charge in [-0.1, -0.05) is 31.4 Å². The number of amides is 1. The monoisotopic (exact) mass is 351 g/mol. The fraction of sp³-hybridized carbons (Fsp3) is 0.350. The van der Waals surface area contributed by atoms with Crippen LogP contribution in [0.1, 0.15) is 48.5 Å². The molecule has 0 atom stereocenters. The van der Waals surface area contributed by atoms with Crippen LogP contribution in [0.25, 0.3) is 10.9 Å². The van der Waals surface area contributed by atoms with Crippen molar-refractivity contribution in [1.82, 2.24) is 14.9 Å². The summed E-state index contributed by atoms with van der Waals surface area (Å²) in [4.78, 5) is 34.5. The molecule has 134 valence electrons. The molecule has 26 heavy (non-hydrogen) atoms. The second kappa shape index (κ2) is 7.15. The summed E-state index contributed by atoms with van der Waals surface area (Å²) in [6.45, 7) is 0.268. The van der Waals surface area contributed by atoms with Crippen LogP contribution in [0.3, 0.4) is 0 Å². The van der Waals surface area contributed by atoms with E-state index in [9.17, 15) is 9.59 Å². The summed E-state index contributed by atoms with van der Waals surface area (Å²) in [5.74, 6) is 0.663. The lowest BCUT2D eigenvalue weighted by molar-refractivity contribution is 0.0575. The Morgan fingerprint density at radius 2 is 1.96 bits per heavy atom. The Morgan fingerprint density at radius 3 is 2.73 bits per heavy atom. The van der Waals surface area contributed by atoms with Crippen molar-refractivity contribution in [2.75, 3.05) is 0 Å². The minimum Gasteiger partial charge on any atom is -0.459 e. The SMILES string of the molecule is O=C(c1ccco1)N(Cc1nc2ccccc2c(=O)[nH]1)C1CCCCC1. The van der Waals surface area contributed by atoms with Gasteiger partial charge in [0.25, 0.3) is 11.5 Å². The molecule has 4 rings (SSSR count). The van der Waals surface area contributed by atoms with Gasteiger partial charge in [-0.3, -0.25) is 9.59 Å². The molecular formula is C20H21N3O3.